The van der Waals surface area contributed by atoms with Crippen molar-refractivity contribution in [2.24, 2.45) is 0 Å². The minimum Gasteiger partial charge on any atom is -0.302 e. The molecule has 2 aliphatic rings. The molecule has 1 unspecified atom stereocenters. The van der Waals surface area contributed by atoms with E-state index in [1.165, 1.54) is 44.5 Å². The molecule has 1 atom stereocenters. The average Bonchev–Trinajstić information content (AvgIpc) is 3.34. The van der Waals surface area contributed by atoms with Gasteiger partial charge in [-0.05, 0) is 51.4 Å². The van der Waals surface area contributed by atoms with E-state index in [0.717, 1.165) is 16.6 Å². The molecule has 6 heteroatoms. The molecule has 0 N–H and O–H groups in total. The largest absolute Gasteiger partial charge is 0.302 e. The summed E-state index contributed by atoms with van der Waals surface area (Å²) in [4.78, 5) is 6.85. The summed E-state index contributed by atoms with van der Waals surface area (Å²) in [7, 11) is 2.22. The van der Waals surface area contributed by atoms with Gasteiger partial charge in [0.2, 0.25) is 0 Å². The van der Waals surface area contributed by atoms with Crippen LogP contribution in [-0.4, -0.2) is 38.2 Å². The predicted octanol–water partition coefficient (Wildman–Crippen LogP) is 3.46. The summed E-state index contributed by atoms with van der Waals surface area (Å²) in [6.45, 7) is 1.17. The fraction of sp³-hybridized carbons (Fsp3) is 0.588. The first-order valence-electron chi connectivity index (χ1n) is 8.50. The Hall–Kier alpha value is -1.40. The minimum atomic E-state index is 0.432. The van der Waals surface area contributed by atoms with E-state index < -0.39 is 0 Å². The third kappa shape index (κ3) is 3.28. The molecule has 0 amide bonds. The molecule has 1 aliphatic carbocycles. The Morgan fingerprint density at radius 3 is 2.83 bits per heavy atom. The number of rotatable bonds is 5. The van der Waals surface area contributed by atoms with Crippen LogP contribution < -0.4 is 0 Å². The molecular weight excluding hydrogens is 306 g/mol. The van der Waals surface area contributed by atoms with E-state index in [0.29, 0.717) is 12.1 Å². The van der Waals surface area contributed by atoms with Crippen molar-refractivity contribution in [3.05, 3.63) is 35.9 Å². The van der Waals surface area contributed by atoms with E-state index in [4.69, 9.17) is 0 Å². The number of pyridine rings is 1. The fourth-order valence-corrected chi connectivity index (χ4v) is 4.24. The highest BCUT2D eigenvalue weighted by Crippen LogP contribution is 2.42. The van der Waals surface area contributed by atoms with Crippen LogP contribution in [0.15, 0.2) is 29.6 Å². The van der Waals surface area contributed by atoms with Gasteiger partial charge in [0, 0.05) is 18.0 Å². The van der Waals surface area contributed by atoms with Gasteiger partial charge in [0.25, 0.3) is 0 Å². The summed E-state index contributed by atoms with van der Waals surface area (Å²) in [6, 6.07) is 7.11. The Balaban J connectivity index is 1.55. The van der Waals surface area contributed by atoms with Crippen molar-refractivity contribution in [3.63, 3.8) is 0 Å². The lowest BCUT2D eigenvalue weighted by Gasteiger charge is -2.31. The van der Waals surface area contributed by atoms with Crippen LogP contribution in [0.5, 0.6) is 0 Å². The number of hydrogen-bond acceptors (Lipinski definition) is 5. The standard InChI is InChI=1S/C17H23N5S/c1-21-11-5-3-7-15(21)16-19-20-17(22(16)14-8-9-14)23-12-13-6-2-4-10-18-13/h2,4,6,10,14-15H,3,5,7-9,11-12H2,1H3. The molecule has 2 aromatic heterocycles. The topological polar surface area (TPSA) is 46.8 Å². The number of piperidine rings is 1. The second-order valence-electron chi connectivity index (χ2n) is 6.54. The van der Waals surface area contributed by atoms with Crippen molar-refractivity contribution >= 4 is 11.8 Å². The minimum absolute atomic E-state index is 0.432. The van der Waals surface area contributed by atoms with E-state index in [-0.39, 0.29) is 0 Å². The number of nitrogens with zero attached hydrogens (tertiary/aromatic N) is 5. The van der Waals surface area contributed by atoms with Gasteiger partial charge in [0.1, 0.15) is 0 Å². The first-order chi connectivity index (χ1) is 11.3. The van der Waals surface area contributed by atoms with Crippen LogP contribution in [-0.2, 0) is 5.75 Å². The lowest BCUT2D eigenvalue weighted by molar-refractivity contribution is 0.174. The van der Waals surface area contributed by atoms with Gasteiger partial charge in [0.15, 0.2) is 11.0 Å². The Bertz CT molecular complexity index is 652. The molecule has 1 saturated heterocycles. The molecule has 3 heterocycles. The molecule has 4 rings (SSSR count). The second-order valence-corrected chi connectivity index (χ2v) is 7.49. The number of thioether (sulfide) groups is 1. The summed E-state index contributed by atoms with van der Waals surface area (Å²) >= 11 is 1.76. The zero-order valence-electron chi connectivity index (χ0n) is 13.6. The Morgan fingerprint density at radius 2 is 2.09 bits per heavy atom. The average molecular weight is 329 g/mol. The maximum Gasteiger partial charge on any atom is 0.191 e. The quantitative estimate of drug-likeness (QED) is 0.786. The monoisotopic (exact) mass is 329 g/mol. The SMILES string of the molecule is CN1CCCCC1c1nnc(SCc2ccccn2)n1C1CC1. The third-order valence-electron chi connectivity index (χ3n) is 4.75. The van der Waals surface area contributed by atoms with Gasteiger partial charge in [-0.3, -0.25) is 9.88 Å². The van der Waals surface area contributed by atoms with Crippen LogP contribution in [0.1, 0.15) is 55.7 Å². The third-order valence-corrected chi connectivity index (χ3v) is 5.72. The first kappa shape index (κ1) is 15.1. The molecule has 122 valence electrons. The molecule has 1 aliphatic heterocycles. The van der Waals surface area contributed by atoms with Crippen molar-refractivity contribution in [2.75, 3.05) is 13.6 Å². The van der Waals surface area contributed by atoms with Gasteiger partial charge in [-0.2, -0.15) is 0 Å². The van der Waals surface area contributed by atoms with Crippen LogP contribution in [0, 0.1) is 0 Å². The van der Waals surface area contributed by atoms with Crippen LogP contribution in [0.25, 0.3) is 0 Å². The zero-order chi connectivity index (χ0) is 15.6. The summed E-state index contributed by atoms with van der Waals surface area (Å²) < 4.78 is 2.42. The van der Waals surface area contributed by atoms with Gasteiger partial charge in [0.05, 0.1) is 11.7 Å². The number of aromatic nitrogens is 4. The normalized spacial score (nSPS) is 22.4. The first-order valence-corrected chi connectivity index (χ1v) is 9.49. The Morgan fingerprint density at radius 1 is 1.17 bits per heavy atom. The molecule has 1 saturated carbocycles. The summed E-state index contributed by atoms with van der Waals surface area (Å²) in [5, 5.41) is 10.2. The molecule has 0 aromatic carbocycles. The van der Waals surface area contributed by atoms with Crippen LogP contribution >= 0.6 is 11.8 Å². The summed E-state index contributed by atoms with van der Waals surface area (Å²) in [5.41, 5.74) is 1.10. The van der Waals surface area contributed by atoms with E-state index in [9.17, 15) is 0 Å². The number of likely N-dealkylation sites (tertiary alicyclic amines) is 1. The van der Waals surface area contributed by atoms with Gasteiger partial charge in [-0.15, -0.1) is 10.2 Å². The van der Waals surface area contributed by atoms with Gasteiger partial charge >= 0.3 is 0 Å². The molecule has 5 nitrogen and oxygen atoms in total. The van der Waals surface area contributed by atoms with Gasteiger partial charge < -0.3 is 4.57 Å². The van der Waals surface area contributed by atoms with Crippen molar-refractivity contribution < 1.29 is 0 Å². The summed E-state index contributed by atoms with van der Waals surface area (Å²) in [6.07, 6.45) is 8.17. The molecule has 2 fully saturated rings. The second kappa shape index (κ2) is 6.61. The molecule has 23 heavy (non-hydrogen) atoms. The smallest absolute Gasteiger partial charge is 0.191 e. The van der Waals surface area contributed by atoms with E-state index in [1.54, 1.807) is 11.8 Å². The summed E-state index contributed by atoms with van der Waals surface area (Å²) in [5.74, 6) is 2.03. The maximum absolute atomic E-state index is 4.59. The molecule has 0 radical (unpaired) electrons. The highest BCUT2D eigenvalue weighted by Gasteiger charge is 2.34. The lowest BCUT2D eigenvalue weighted by atomic mass is 10.0. The van der Waals surface area contributed by atoms with Crippen LogP contribution in [0.2, 0.25) is 0 Å². The van der Waals surface area contributed by atoms with Crippen molar-refractivity contribution in [1.29, 1.82) is 0 Å². The molecule has 0 spiro atoms. The zero-order valence-corrected chi connectivity index (χ0v) is 14.4. The van der Waals surface area contributed by atoms with E-state index in [2.05, 4.69) is 37.8 Å². The van der Waals surface area contributed by atoms with E-state index in [1.807, 2.05) is 18.3 Å². The fourth-order valence-electron chi connectivity index (χ4n) is 3.31. The van der Waals surface area contributed by atoms with Gasteiger partial charge in [-0.25, -0.2) is 0 Å². The van der Waals surface area contributed by atoms with Crippen LogP contribution in [0.3, 0.4) is 0 Å². The van der Waals surface area contributed by atoms with E-state index >= 15 is 0 Å². The highest BCUT2D eigenvalue weighted by molar-refractivity contribution is 7.98. The van der Waals surface area contributed by atoms with Crippen molar-refractivity contribution in [1.82, 2.24) is 24.6 Å². The molecule has 0 bridgehead atoms. The van der Waals surface area contributed by atoms with Crippen molar-refractivity contribution in [2.45, 2.75) is 55.1 Å². The Kier molecular flexibility index (Phi) is 4.35. The Labute approximate surface area is 141 Å². The molecular formula is C17H23N5S. The lowest BCUT2D eigenvalue weighted by Crippen LogP contribution is -2.31. The predicted molar refractivity (Wildman–Crippen MR) is 91.3 cm³/mol. The highest BCUT2D eigenvalue weighted by atomic mass is 32.2. The van der Waals surface area contributed by atoms with Crippen molar-refractivity contribution in [3.8, 4) is 0 Å². The number of hydrogen-bond donors (Lipinski definition) is 0. The van der Waals surface area contributed by atoms with Gasteiger partial charge in [-0.1, -0.05) is 24.2 Å². The van der Waals surface area contributed by atoms with Crippen LogP contribution in [0.4, 0.5) is 0 Å². The molecule has 2 aromatic rings. The maximum atomic E-state index is 4.59.